The van der Waals surface area contributed by atoms with Gasteiger partial charge in [0.1, 0.15) is 5.75 Å². The molecule has 0 aliphatic heterocycles. The van der Waals surface area contributed by atoms with Crippen LogP contribution in [0.1, 0.15) is 27.2 Å². The quantitative estimate of drug-likeness (QED) is 0.503. The minimum Gasteiger partial charge on any atom is -0.494 e. The lowest BCUT2D eigenvalue weighted by atomic mass is 10.1. The second-order valence-electron chi connectivity index (χ2n) is 5.58. The van der Waals surface area contributed by atoms with Gasteiger partial charge in [0.15, 0.2) is 5.13 Å². The second-order valence-corrected chi connectivity index (χ2v) is 6.61. The van der Waals surface area contributed by atoms with Crippen molar-refractivity contribution in [2.45, 2.75) is 39.0 Å². The Morgan fingerprint density at radius 1 is 1.18 bits per heavy atom. The number of halogens is 3. The number of benzene rings is 1. The molecule has 0 unspecified atom stereocenters. The number of nitrogens with zero attached hydrogens (tertiary/aromatic N) is 1. The third-order valence-corrected chi connectivity index (χ3v) is 4.55. The number of aromatic nitrogens is 1. The molecule has 28 heavy (non-hydrogen) atoms. The first kappa shape index (κ1) is 21.7. The van der Waals surface area contributed by atoms with Crippen LogP contribution in [0, 0.1) is 0 Å². The average molecular weight is 419 g/mol. The van der Waals surface area contributed by atoms with Crippen LogP contribution < -0.4 is 15.4 Å². The Kier molecular flexibility index (Phi) is 6.70. The van der Waals surface area contributed by atoms with Gasteiger partial charge in [-0.2, -0.15) is 13.2 Å². The van der Waals surface area contributed by atoms with E-state index in [1.54, 1.807) is 30.4 Å². The van der Waals surface area contributed by atoms with Gasteiger partial charge in [0.25, 0.3) is 0 Å². The van der Waals surface area contributed by atoms with Crippen LogP contribution in [0.15, 0.2) is 18.2 Å². The van der Waals surface area contributed by atoms with Crippen molar-refractivity contribution in [1.29, 1.82) is 0 Å². The molecular weight excluding hydrogens is 399 g/mol. The zero-order chi connectivity index (χ0) is 20.9. The smallest absolute Gasteiger partial charge is 0.442 e. The van der Waals surface area contributed by atoms with Crippen LogP contribution in [0.2, 0.25) is 0 Å². The molecule has 1 heterocycles. The molecule has 0 bridgehead atoms. The molecule has 0 aliphatic rings. The predicted octanol–water partition coefficient (Wildman–Crippen LogP) is 3.45. The van der Waals surface area contributed by atoms with Crippen molar-refractivity contribution in [3.8, 4) is 5.75 Å². The molecule has 2 rings (SSSR count). The van der Waals surface area contributed by atoms with Crippen LogP contribution in [0.4, 0.5) is 18.3 Å². The fraction of sp³-hybridized carbons (Fsp3) is 0.471. The molecule has 1 atom stereocenters. The molecule has 0 spiro atoms. The number of ether oxygens (including phenoxy) is 2. The van der Waals surface area contributed by atoms with Gasteiger partial charge in [-0.05, 0) is 32.0 Å². The van der Waals surface area contributed by atoms with Crippen molar-refractivity contribution in [3.05, 3.63) is 18.2 Å². The summed E-state index contributed by atoms with van der Waals surface area (Å²) < 4.78 is 52.3. The molecule has 11 heteroatoms. The van der Waals surface area contributed by atoms with Crippen molar-refractivity contribution >= 4 is 38.6 Å². The van der Waals surface area contributed by atoms with Gasteiger partial charge < -0.3 is 20.1 Å². The number of amides is 1. The first-order valence-electron chi connectivity index (χ1n) is 8.53. The molecule has 1 aromatic heterocycles. The van der Waals surface area contributed by atoms with E-state index in [-0.39, 0.29) is 18.2 Å². The van der Waals surface area contributed by atoms with Crippen molar-refractivity contribution in [1.82, 2.24) is 10.3 Å². The number of alkyl halides is 3. The van der Waals surface area contributed by atoms with Crippen LogP contribution in [-0.4, -0.2) is 41.9 Å². The predicted molar refractivity (Wildman–Crippen MR) is 98.3 cm³/mol. The molecule has 0 fully saturated rings. The zero-order valence-electron chi connectivity index (χ0n) is 15.5. The molecule has 0 radical (unpaired) electrons. The minimum absolute atomic E-state index is 0.203. The van der Waals surface area contributed by atoms with Crippen LogP contribution in [0.25, 0.3) is 10.2 Å². The molecule has 0 saturated carbocycles. The Bertz CT molecular complexity index is 856. The Hall–Kier alpha value is -2.56. The minimum atomic E-state index is -5.18. The van der Waals surface area contributed by atoms with E-state index in [1.165, 1.54) is 13.8 Å². The van der Waals surface area contributed by atoms with E-state index in [2.05, 4.69) is 15.0 Å². The second kappa shape index (κ2) is 8.63. The van der Waals surface area contributed by atoms with Gasteiger partial charge in [-0.3, -0.25) is 4.79 Å². The Balaban J connectivity index is 2.49. The topological polar surface area (TPSA) is 89.5 Å². The fourth-order valence-electron chi connectivity index (χ4n) is 2.30. The van der Waals surface area contributed by atoms with Crippen molar-refractivity contribution in [2.75, 3.05) is 18.5 Å². The molecule has 154 valence electrons. The molecule has 0 aliphatic carbocycles. The van der Waals surface area contributed by atoms with Gasteiger partial charge in [-0.1, -0.05) is 18.3 Å². The summed E-state index contributed by atoms with van der Waals surface area (Å²) in [6.07, 6.45) is -5.44. The van der Waals surface area contributed by atoms with Crippen LogP contribution in [0.5, 0.6) is 5.75 Å². The van der Waals surface area contributed by atoms with E-state index in [0.29, 0.717) is 22.6 Å². The molecule has 2 N–H and O–H groups in total. The fourth-order valence-corrected chi connectivity index (χ4v) is 3.25. The molecule has 2 aromatic rings. The maximum Gasteiger partial charge on any atom is 0.442 e. The van der Waals surface area contributed by atoms with E-state index in [4.69, 9.17) is 4.74 Å². The summed E-state index contributed by atoms with van der Waals surface area (Å²) in [5, 5.41) is 3.58. The molecule has 1 amide bonds. The average Bonchev–Trinajstić information content (AvgIpc) is 3.01. The number of nitrogens with one attached hydrogen (secondary N) is 2. The van der Waals surface area contributed by atoms with Gasteiger partial charge in [-0.15, -0.1) is 0 Å². The third-order valence-electron chi connectivity index (χ3n) is 3.62. The molecule has 1 aromatic carbocycles. The van der Waals surface area contributed by atoms with Gasteiger partial charge in [0.2, 0.25) is 5.91 Å². The standard InChI is InChI=1S/C17H20F3N3O4S/c1-4-13(24)22-16(17(18,19)20,14(25)27-6-3)23-15-21-11-8-7-10(26-5-2)9-12(11)28-15/h7-9H,4-6H2,1-3H3,(H,21,23)(H,22,24)/t16-/m0/s1. The van der Waals surface area contributed by atoms with Crippen LogP contribution in [-0.2, 0) is 14.3 Å². The van der Waals surface area contributed by atoms with Crippen LogP contribution >= 0.6 is 11.3 Å². The van der Waals surface area contributed by atoms with Gasteiger partial charge in [0, 0.05) is 6.42 Å². The van der Waals surface area contributed by atoms with Crippen molar-refractivity contribution in [3.63, 3.8) is 0 Å². The summed E-state index contributed by atoms with van der Waals surface area (Å²) in [5.41, 5.74) is -3.04. The Morgan fingerprint density at radius 2 is 1.89 bits per heavy atom. The zero-order valence-corrected chi connectivity index (χ0v) is 16.3. The van der Waals surface area contributed by atoms with Crippen molar-refractivity contribution in [2.24, 2.45) is 0 Å². The summed E-state index contributed by atoms with van der Waals surface area (Å²) >= 11 is 0.889. The summed E-state index contributed by atoms with van der Waals surface area (Å²) in [7, 11) is 0. The highest BCUT2D eigenvalue weighted by atomic mass is 32.1. The lowest BCUT2D eigenvalue weighted by Gasteiger charge is -2.34. The van der Waals surface area contributed by atoms with E-state index < -0.39 is 23.7 Å². The number of hydrogen-bond donors (Lipinski definition) is 2. The maximum atomic E-state index is 13.9. The Labute approximate surface area is 163 Å². The number of carbonyl (C=O) groups excluding carboxylic acids is 2. The van der Waals surface area contributed by atoms with Gasteiger partial charge >= 0.3 is 17.8 Å². The largest absolute Gasteiger partial charge is 0.494 e. The van der Waals surface area contributed by atoms with E-state index >= 15 is 0 Å². The van der Waals surface area contributed by atoms with Gasteiger partial charge in [-0.25, -0.2) is 9.78 Å². The van der Waals surface area contributed by atoms with E-state index in [0.717, 1.165) is 11.3 Å². The summed E-state index contributed by atoms with van der Waals surface area (Å²) in [6.45, 7) is 4.68. The highest BCUT2D eigenvalue weighted by Crippen LogP contribution is 2.36. The molecule has 0 saturated heterocycles. The number of carbonyl (C=O) groups is 2. The number of rotatable bonds is 8. The van der Waals surface area contributed by atoms with Gasteiger partial charge in [0.05, 0.1) is 23.4 Å². The first-order chi connectivity index (χ1) is 13.2. The normalized spacial score (nSPS) is 13.6. The summed E-state index contributed by atoms with van der Waals surface area (Å²) in [5.74, 6) is -2.10. The summed E-state index contributed by atoms with van der Waals surface area (Å²) in [4.78, 5) is 28.1. The van der Waals surface area contributed by atoms with E-state index in [1.807, 2.05) is 0 Å². The third kappa shape index (κ3) is 4.46. The van der Waals surface area contributed by atoms with Crippen molar-refractivity contribution < 1.29 is 32.2 Å². The highest BCUT2D eigenvalue weighted by Gasteiger charge is 2.64. The number of esters is 1. The molecule has 7 nitrogen and oxygen atoms in total. The maximum absolute atomic E-state index is 13.9. The first-order valence-corrected chi connectivity index (χ1v) is 9.35. The number of hydrogen-bond acceptors (Lipinski definition) is 7. The number of fused-ring (bicyclic) bond motifs is 1. The SMILES string of the molecule is CCOC(=O)[C@](NC(=O)CC)(Nc1nc2ccc(OCC)cc2s1)C(F)(F)F. The number of thiazole rings is 1. The van der Waals surface area contributed by atoms with Crippen LogP contribution in [0.3, 0.4) is 0 Å². The summed E-state index contributed by atoms with van der Waals surface area (Å²) in [6, 6.07) is 4.86. The molecular formula is C17H20F3N3O4S. The van der Waals surface area contributed by atoms with E-state index in [9.17, 15) is 22.8 Å². The number of anilines is 1. The lowest BCUT2D eigenvalue weighted by Crippen LogP contribution is -2.69. The Morgan fingerprint density at radius 3 is 2.46 bits per heavy atom. The highest BCUT2D eigenvalue weighted by molar-refractivity contribution is 7.22. The monoisotopic (exact) mass is 419 g/mol. The lowest BCUT2D eigenvalue weighted by molar-refractivity contribution is -0.207.